The van der Waals surface area contributed by atoms with E-state index in [0.717, 1.165) is 28.0 Å². The summed E-state index contributed by atoms with van der Waals surface area (Å²) in [5, 5.41) is 2.89. The number of hydrogen-bond acceptors (Lipinski definition) is 3. The van der Waals surface area contributed by atoms with E-state index in [0.29, 0.717) is 6.54 Å². The third-order valence-electron chi connectivity index (χ3n) is 3.38. The molecule has 0 radical (unpaired) electrons. The molecule has 3 rings (SSSR count). The van der Waals surface area contributed by atoms with Crippen LogP contribution in [0.5, 0.6) is 0 Å². The molecule has 2 heterocycles. The molecule has 0 saturated carbocycles. The summed E-state index contributed by atoms with van der Waals surface area (Å²) in [4.78, 5) is 20.3. The zero-order chi connectivity index (χ0) is 14.7. The van der Waals surface area contributed by atoms with Gasteiger partial charge in [-0.2, -0.15) is 0 Å². The van der Waals surface area contributed by atoms with Gasteiger partial charge in [-0.1, -0.05) is 52.3 Å². The number of aliphatic imine (C=N–C) groups is 1. The number of nitrogens with zero attached hydrogens (tertiary/aromatic N) is 2. The van der Waals surface area contributed by atoms with E-state index < -0.39 is 6.04 Å². The van der Waals surface area contributed by atoms with Crippen LogP contribution < -0.4 is 0 Å². The number of amidine groups is 1. The second-order valence-electron chi connectivity index (χ2n) is 4.78. The first kappa shape index (κ1) is 14.5. The molecule has 1 aromatic carbocycles. The summed E-state index contributed by atoms with van der Waals surface area (Å²) in [7, 11) is 0. The predicted molar refractivity (Wildman–Crippen MR) is 90.2 cm³/mol. The van der Waals surface area contributed by atoms with Crippen molar-refractivity contribution in [2.24, 2.45) is 4.99 Å². The summed E-state index contributed by atoms with van der Waals surface area (Å²) in [6, 6.07) is 13.4. The molecule has 5 heteroatoms. The highest BCUT2D eigenvalue weighted by atomic mass is 79.9. The third kappa shape index (κ3) is 2.94. The zero-order valence-electron chi connectivity index (χ0n) is 11.4. The summed E-state index contributed by atoms with van der Waals surface area (Å²) in [6.07, 6.45) is 0.914. The first-order valence-corrected chi connectivity index (χ1v) is 8.85. The van der Waals surface area contributed by atoms with Gasteiger partial charge < -0.3 is 0 Å². The highest BCUT2D eigenvalue weighted by Crippen LogP contribution is 2.30. The van der Waals surface area contributed by atoms with Crippen LogP contribution in [0.15, 0.2) is 52.8 Å². The van der Waals surface area contributed by atoms with Gasteiger partial charge in [0.1, 0.15) is 5.84 Å². The van der Waals surface area contributed by atoms with Crippen LogP contribution in [0.1, 0.15) is 22.9 Å². The number of alkyl halides is 1. The average Bonchev–Trinajstić information content (AvgIpc) is 3.14. The molecule has 1 atom stereocenters. The van der Waals surface area contributed by atoms with Gasteiger partial charge in [-0.05, 0) is 23.4 Å². The molecule has 2 aromatic rings. The Morgan fingerprint density at radius 2 is 2.00 bits per heavy atom. The maximum Gasteiger partial charge on any atom is 0.257 e. The van der Waals surface area contributed by atoms with Crippen molar-refractivity contribution in [1.29, 1.82) is 0 Å². The zero-order valence-corrected chi connectivity index (χ0v) is 13.8. The van der Waals surface area contributed by atoms with Gasteiger partial charge in [0.2, 0.25) is 0 Å². The predicted octanol–water partition coefficient (Wildman–Crippen LogP) is 3.86. The maximum atomic E-state index is 12.7. The second-order valence-corrected chi connectivity index (χ2v) is 6.52. The number of carbonyl (C=O) groups excluding carboxylic acids is 1. The van der Waals surface area contributed by atoms with Gasteiger partial charge in [0.25, 0.3) is 5.91 Å². The Morgan fingerprint density at radius 1 is 1.19 bits per heavy atom. The minimum atomic E-state index is -0.404. The molecule has 0 bridgehead atoms. The Bertz CT molecular complexity index is 640. The van der Waals surface area contributed by atoms with Crippen LogP contribution in [-0.2, 0) is 4.79 Å². The lowest BCUT2D eigenvalue weighted by Crippen LogP contribution is -2.34. The minimum absolute atomic E-state index is 0.0746. The van der Waals surface area contributed by atoms with E-state index in [1.54, 1.807) is 11.3 Å². The van der Waals surface area contributed by atoms with Crippen molar-refractivity contribution in [3.05, 3.63) is 58.3 Å². The van der Waals surface area contributed by atoms with Gasteiger partial charge in [0.15, 0.2) is 6.04 Å². The highest BCUT2D eigenvalue weighted by molar-refractivity contribution is 9.09. The second kappa shape index (κ2) is 6.54. The molecule has 0 spiro atoms. The lowest BCUT2D eigenvalue weighted by atomic mass is 10.1. The summed E-state index contributed by atoms with van der Waals surface area (Å²) in [5.41, 5.74) is 0.956. The van der Waals surface area contributed by atoms with E-state index in [-0.39, 0.29) is 5.91 Å². The fourth-order valence-corrected chi connectivity index (χ4v) is 3.37. The van der Waals surface area contributed by atoms with Crippen molar-refractivity contribution < 1.29 is 4.79 Å². The number of thiophene rings is 1. The van der Waals surface area contributed by atoms with Gasteiger partial charge in [-0.3, -0.25) is 9.69 Å². The molecule has 1 aliphatic heterocycles. The third-order valence-corrected chi connectivity index (χ3v) is 4.81. The number of halogens is 1. The monoisotopic (exact) mass is 362 g/mol. The van der Waals surface area contributed by atoms with E-state index in [1.807, 2.05) is 52.7 Å². The van der Waals surface area contributed by atoms with Gasteiger partial charge in [-0.25, -0.2) is 4.99 Å². The van der Waals surface area contributed by atoms with E-state index >= 15 is 0 Å². The fraction of sp³-hybridized carbons (Fsp3) is 0.250. The molecule has 1 aliphatic rings. The van der Waals surface area contributed by atoms with Gasteiger partial charge in [0, 0.05) is 11.9 Å². The van der Waals surface area contributed by atoms with E-state index in [2.05, 4.69) is 15.9 Å². The molecule has 108 valence electrons. The van der Waals surface area contributed by atoms with Crippen molar-refractivity contribution in [1.82, 2.24) is 4.90 Å². The van der Waals surface area contributed by atoms with Crippen LogP contribution in [0.2, 0.25) is 0 Å². The standard InChI is InChI=1S/C16H15BrN2OS/c17-9-5-10-19-15(13-8-4-11-21-13)18-14(16(19)20)12-6-2-1-3-7-12/h1-4,6-8,11,14H,5,9-10H2. The number of benzene rings is 1. The van der Waals surface area contributed by atoms with E-state index in [1.165, 1.54) is 0 Å². The molecular formula is C16H15BrN2OS. The minimum Gasteiger partial charge on any atom is -0.294 e. The average molecular weight is 363 g/mol. The van der Waals surface area contributed by atoms with E-state index in [4.69, 9.17) is 4.99 Å². The van der Waals surface area contributed by atoms with Gasteiger partial charge in [0.05, 0.1) is 4.88 Å². The summed E-state index contributed by atoms with van der Waals surface area (Å²) >= 11 is 5.05. The largest absolute Gasteiger partial charge is 0.294 e. The van der Waals surface area contributed by atoms with Crippen molar-refractivity contribution in [2.75, 3.05) is 11.9 Å². The molecule has 0 fully saturated rings. The molecule has 0 saturated heterocycles. The van der Waals surface area contributed by atoms with Gasteiger partial charge in [-0.15, -0.1) is 11.3 Å². The van der Waals surface area contributed by atoms with Crippen LogP contribution in [-0.4, -0.2) is 28.5 Å². The quantitative estimate of drug-likeness (QED) is 0.743. The van der Waals surface area contributed by atoms with Crippen molar-refractivity contribution >= 4 is 39.0 Å². The lowest BCUT2D eigenvalue weighted by molar-refractivity contribution is -0.127. The van der Waals surface area contributed by atoms with Crippen LogP contribution >= 0.6 is 27.3 Å². The van der Waals surface area contributed by atoms with Gasteiger partial charge >= 0.3 is 0 Å². The molecule has 1 unspecified atom stereocenters. The highest BCUT2D eigenvalue weighted by Gasteiger charge is 2.35. The number of carbonyl (C=O) groups is 1. The number of hydrogen-bond donors (Lipinski definition) is 0. The Morgan fingerprint density at radius 3 is 2.67 bits per heavy atom. The van der Waals surface area contributed by atoms with Crippen LogP contribution in [0.25, 0.3) is 0 Å². The normalized spacial score (nSPS) is 18.1. The molecular weight excluding hydrogens is 348 g/mol. The lowest BCUT2D eigenvalue weighted by Gasteiger charge is -2.18. The number of amides is 1. The molecule has 21 heavy (non-hydrogen) atoms. The van der Waals surface area contributed by atoms with Crippen LogP contribution in [0.4, 0.5) is 0 Å². The molecule has 0 N–H and O–H groups in total. The Hall–Kier alpha value is -1.46. The molecule has 3 nitrogen and oxygen atoms in total. The molecule has 0 aliphatic carbocycles. The Labute approximate surface area is 136 Å². The van der Waals surface area contributed by atoms with E-state index in [9.17, 15) is 4.79 Å². The number of rotatable bonds is 5. The smallest absolute Gasteiger partial charge is 0.257 e. The van der Waals surface area contributed by atoms with Crippen LogP contribution in [0, 0.1) is 0 Å². The van der Waals surface area contributed by atoms with Crippen molar-refractivity contribution in [3.8, 4) is 0 Å². The topological polar surface area (TPSA) is 32.7 Å². The summed E-state index contributed by atoms with van der Waals surface area (Å²) < 4.78 is 0. The molecule has 1 aromatic heterocycles. The van der Waals surface area contributed by atoms with Crippen molar-refractivity contribution in [3.63, 3.8) is 0 Å². The Kier molecular flexibility index (Phi) is 4.51. The van der Waals surface area contributed by atoms with Crippen LogP contribution in [0.3, 0.4) is 0 Å². The summed E-state index contributed by atoms with van der Waals surface area (Å²) in [5.74, 6) is 0.885. The SMILES string of the molecule is O=C1C(c2ccccc2)N=C(c2cccs2)N1CCCBr. The first-order chi connectivity index (χ1) is 10.3. The maximum absolute atomic E-state index is 12.7. The Balaban J connectivity index is 1.95. The fourth-order valence-electron chi connectivity index (χ4n) is 2.39. The first-order valence-electron chi connectivity index (χ1n) is 6.85. The molecule has 1 amide bonds. The summed E-state index contributed by atoms with van der Waals surface area (Å²) in [6.45, 7) is 0.699. The van der Waals surface area contributed by atoms with Crippen molar-refractivity contribution in [2.45, 2.75) is 12.5 Å².